The third-order valence-corrected chi connectivity index (χ3v) is 2.59. The van der Waals surface area contributed by atoms with Crippen LogP contribution in [0.5, 0.6) is 0 Å². The van der Waals surface area contributed by atoms with Crippen molar-refractivity contribution in [3.8, 4) is 0 Å². The van der Waals surface area contributed by atoms with Crippen LogP contribution in [0.1, 0.15) is 48.0 Å². The molecule has 1 rings (SSSR count). The molecule has 0 atom stereocenters. The molecule has 0 amide bonds. The van der Waals surface area contributed by atoms with Crippen molar-refractivity contribution in [3.05, 3.63) is 23.9 Å². The van der Waals surface area contributed by atoms with Gasteiger partial charge in [0.05, 0.1) is 0 Å². The molecule has 0 spiro atoms. The van der Waals surface area contributed by atoms with Crippen LogP contribution in [-0.2, 0) is 0 Å². The Hall–Kier alpha value is -0.720. The van der Waals surface area contributed by atoms with Crippen LogP contribution in [0.2, 0.25) is 0 Å². The highest BCUT2D eigenvalue weighted by Crippen LogP contribution is 2.28. The van der Waals surface area contributed by atoms with Crippen molar-refractivity contribution in [2.45, 2.75) is 53.5 Å². The van der Waals surface area contributed by atoms with Crippen molar-refractivity contribution >= 4 is 0 Å². The molecule has 1 aliphatic heterocycles. The zero-order chi connectivity index (χ0) is 11.7. The summed E-state index contributed by atoms with van der Waals surface area (Å²) in [5.74, 6) is 0. The number of nitrogens with zero attached hydrogens (tertiary/aromatic N) is 1. The maximum Gasteiger partial charge on any atom is 0.0392 e. The Bertz CT molecular complexity index is 271. The third-order valence-electron chi connectivity index (χ3n) is 2.59. The molecule has 0 aromatic rings. The number of hydrogen-bond acceptors (Lipinski definition) is 1. The Morgan fingerprint density at radius 2 is 1.73 bits per heavy atom. The summed E-state index contributed by atoms with van der Waals surface area (Å²) in [5.41, 5.74) is 2.16. The van der Waals surface area contributed by atoms with Gasteiger partial charge >= 0.3 is 0 Å². The van der Waals surface area contributed by atoms with E-state index in [0.717, 1.165) is 6.54 Å². The van der Waals surface area contributed by atoms with Crippen LogP contribution in [0, 0.1) is 5.41 Å². The number of rotatable bonds is 1. The lowest BCUT2D eigenvalue weighted by atomic mass is 9.86. The van der Waals surface area contributed by atoms with Gasteiger partial charge in [0, 0.05) is 12.1 Å². The van der Waals surface area contributed by atoms with Gasteiger partial charge in [0.25, 0.3) is 0 Å². The van der Waals surface area contributed by atoms with Gasteiger partial charge in [-0.1, -0.05) is 32.4 Å². The molecule has 0 aliphatic carbocycles. The average Bonchev–Trinajstić information content (AvgIpc) is 1.99. The van der Waals surface area contributed by atoms with Gasteiger partial charge < -0.3 is 4.90 Å². The van der Waals surface area contributed by atoms with Crippen molar-refractivity contribution in [2.24, 2.45) is 5.41 Å². The van der Waals surface area contributed by atoms with E-state index >= 15 is 0 Å². The van der Waals surface area contributed by atoms with E-state index < -0.39 is 0 Å². The summed E-state index contributed by atoms with van der Waals surface area (Å²) in [5, 5.41) is 0. The predicted molar refractivity (Wildman–Crippen MR) is 67.8 cm³/mol. The van der Waals surface area contributed by atoms with Crippen molar-refractivity contribution in [3.63, 3.8) is 0 Å². The van der Waals surface area contributed by atoms with Crippen LogP contribution in [0.3, 0.4) is 0 Å². The topological polar surface area (TPSA) is 3.24 Å². The molecular weight excluding hydrogens is 182 g/mol. The van der Waals surface area contributed by atoms with Gasteiger partial charge in [0.15, 0.2) is 0 Å². The molecule has 1 aliphatic rings. The standard InChI is InChI=1S/C14H25N/c1-13(2,3)10-12-8-7-9-15(11-12)14(4,5)6/h7-9H,10-11H2,1-6H3. The normalized spacial score (nSPS) is 18.0. The smallest absolute Gasteiger partial charge is 0.0392 e. The molecule has 0 saturated carbocycles. The van der Waals surface area contributed by atoms with E-state index in [-0.39, 0.29) is 5.54 Å². The summed E-state index contributed by atoms with van der Waals surface area (Å²) in [6, 6.07) is 0. The second-order valence-electron chi connectivity index (χ2n) is 6.70. The monoisotopic (exact) mass is 207 g/mol. The first kappa shape index (κ1) is 12.4. The van der Waals surface area contributed by atoms with E-state index in [2.05, 4.69) is 64.8 Å². The lowest BCUT2D eigenvalue weighted by Crippen LogP contribution is -2.39. The summed E-state index contributed by atoms with van der Waals surface area (Å²) in [6.45, 7) is 14.8. The summed E-state index contributed by atoms with van der Waals surface area (Å²) < 4.78 is 0. The maximum absolute atomic E-state index is 2.41. The molecule has 0 saturated heterocycles. The number of hydrogen-bond donors (Lipinski definition) is 0. The van der Waals surface area contributed by atoms with E-state index in [9.17, 15) is 0 Å². The van der Waals surface area contributed by atoms with E-state index in [0.29, 0.717) is 5.41 Å². The van der Waals surface area contributed by atoms with E-state index in [4.69, 9.17) is 0 Å². The predicted octanol–water partition coefficient (Wildman–Crippen LogP) is 3.98. The molecule has 0 bridgehead atoms. The molecule has 15 heavy (non-hydrogen) atoms. The largest absolute Gasteiger partial charge is 0.369 e. The minimum absolute atomic E-state index is 0.230. The fraction of sp³-hybridized carbons (Fsp3) is 0.714. The Labute approximate surface area is 94.9 Å². The van der Waals surface area contributed by atoms with Crippen molar-refractivity contribution in [2.75, 3.05) is 6.54 Å². The first-order chi connectivity index (χ1) is 6.68. The van der Waals surface area contributed by atoms with Crippen molar-refractivity contribution in [1.29, 1.82) is 0 Å². The molecule has 1 heterocycles. The van der Waals surface area contributed by atoms with Crippen LogP contribution in [0.4, 0.5) is 0 Å². The first-order valence-corrected chi connectivity index (χ1v) is 5.81. The molecule has 0 aromatic carbocycles. The van der Waals surface area contributed by atoms with Gasteiger partial charge in [-0.2, -0.15) is 0 Å². The summed E-state index contributed by atoms with van der Waals surface area (Å²) >= 11 is 0. The van der Waals surface area contributed by atoms with Gasteiger partial charge in [-0.15, -0.1) is 0 Å². The van der Waals surface area contributed by atoms with Gasteiger partial charge in [-0.25, -0.2) is 0 Å². The van der Waals surface area contributed by atoms with E-state index in [1.54, 1.807) is 5.57 Å². The van der Waals surface area contributed by atoms with E-state index in [1.165, 1.54) is 6.42 Å². The van der Waals surface area contributed by atoms with Crippen LogP contribution in [0.25, 0.3) is 0 Å². The van der Waals surface area contributed by atoms with E-state index in [1.807, 2.05) is 0 Å². The SMILES string of the molecule is CC(C)(C)CC1=CC=CN(C(C)(C)C)C1. The first-order valence-electron chi connectivity index (χ1n) is 5.81. The summed E-state index contributed by atoms with van der Waals surface area (Å²) in [7, 11) is 0. The minimum atomic E-state index is 0.230. The number of allylic oxidation sites excluding steroid dienone is 2. The molecule has 1 nitrogen and oxygen atoms in total. The molecular formula is C14H25N. The Balaban J connectivity index is 2.65. The lowest BCUT2D eigenvalue weighted by Gasteiger charge is -2.38. The quantitative estimate of drug-likeness (QED) is 0.628. The molecule has 0 N–H and O–H groups in total. The molecule has 0 fully saturated rings. The summed E-state index contributed by atoms with van der Waals surface area (Å²) in [6.07, 6.45) is 7.83. The highest BCUT2D eigenvalue weighted by Gasteiger charge is 2.22. The zero-order valence-corrected chi connectivity index (χ0v) is 11.1. The van der Waals surface area contributed by atoms with Gasteiger partial charge in [-0.3, -0.25) is 0 Å². The highest BCUT2D eigenvalue weighted by atomic mass is 15.2. The van der Waals surface area contributed by atoms with Gasteiger partial charge in [0.2, 0.25) is 0 Å². The molecule has 0 radical (unpaired) electrons. The average molecular weight is 207 g/mol. The zero-order valence-electron chi connectivity index (χ0n) is 11.1. The molecule has 86 valence electrons. The van der Waals surface area contributed by atoms with Crippen molar-refractivity contribution in [1.82, 2.24) is 4.90 Å². The fourth-order valence-corrected chi connectivity index (χ4v) is 1.86. The van der Waals surface area contributed by atoms with Crippen LogP contribution >= 0.6 is 0 Å². The fourth-order valence-electron chi connectivity index (χ4n) is 1.86. The Kier molecular flexibility index (Phi) is 3.32. The second kappa shape index (κ2) is 4.03. The third kappa shape index (κ3) is 4.11. The minimum Gasteiger partial charge on any atom is -0.369 e. The van der Waals surface area contributed by atoms with Gasteiger partial charge in [0.1, 0.15) is 0 Å². The molecule has 0 unspecified atom stereocenters. The van der Waals surface area contributed by atoms with Crippen LogP contribution < -0.4 is 0 Å². The Morgan fingerprint density at radius 3 is 2.20 bits per heavy atom. The molecule has 0 aromatic heterocycles. The highest BCUT2D eigenvalue weighted by molar-refractivity contribution is 5.21. The van der Waals surface area contributed by atoms with Gasteiger partial charge in [-0.05, 0) is 44.9 Å². The molecule has 1 heteroatoms. The second-order valence-corrected chi connectivity index (χ2v) is 6.70. The summed E-state index contributed by atoms with van der Waals surface area (Å²) in [4.78, 5) is 2.41. The lowest BCUT2D eigenvalue weighted by molar-refractivity contribution is 0.213. The van der Waals surface area contributed by atoms with Crippen LogP contribution in [0.15, 0.2) is 23.9 Å². The van der Waals surface area contributed by atoms with Crippen molar-refractivity contribution < 1.29 is 0 Å². The van der Waals surface area contributed by atoms with Crippen LogP contribution in [-0.4, -0.2) is 17.0 Å². The Morgan fingerprint density at radius 1 is 1.13 bits per heavy atom. The maximum atomic E-state index is 2.41.